The third-order valence-electron chi connectivity index (χ3n) is 2.47. The molecule has 0 aromatic carbocycles. The second-order valence-corrected chi connectivity index (χ2v) is 3.49. The molecule has 1 fully saturated rings. The second kappa shape index (κ2) is 4.58. The summed E-state index contributed by atoms with van der Waals surface area (Å²) in [5, 5.41) is 3.11. The van der Waals surface area contributed by atoms with Crippen LogP contribution in [0.3, 0.4) is 0 Å². The van der Waals surface area contributed by atoms with E-state index in [1.54, 1.807) is 7.11 Å². The highest BCUT2D eigenvalue weighted by atomic mass is 16.5. The lowest BCUT2D eigenvalue weighted by molar-refractivity contribution is -0.129. The molecule has 0 spiro atoms. The molecule has 0 aromatic heterocycles. The van der Waals surface area contributed by atoms with Gasteiger partial charge in [0.25, 0.3) is 0 Å². The lowest BCUT2D eigenvalue weighted by atomic mass is 10.2. The van der Waals surface area contributed by atoms with Crippen molar-refractivity contribution in [1.82, 2.24) is 10.2 Å². The molecule has 2 unspecified atom stereocenters. The van der Waals surface area contributed by atoms with Gasteiger partial charge in [0, 0.05) is 19.8 Å². The lowest BCUT2D eigenvalue weighted by Gasteiger charge is -2.28. The SMILES string of the molecule is COCCC(C)N1C(=O)CNC1C. The molecule has 1 saturated heterocycles. The summed E-state index contributed by atoms with van der Waals surface area (Å²) in [7, 11) is 1.68. The second-order valence-electron chi connectivity index (χ2n) is 3.49. The molecular weight excluding hydrogens is 168 g/mol. The van der Waals surface area contributed by atoms with Crippen molar-refractivity contribution < 1.29 is 9.53 Å². The van der Waals surface area contributed by atoms with Gasteiger partial charge in [-0.15, -0.1) is 0 Å². The van der Waals surface area contributed by atoms with Crippen molar-refractivity contribution in [1.29, 1.82) is 0 Å². The van der Waals surface area contributed by atoms with Crippen molar-refractivity contribution in [3.05, 3.63) is 0 Å². The summed E-state index contributed by atoms with van der Waals surface area (Å²) in [6.07, 6.45) is 1.06. The number of ether oxygens (including phenoxy) is 1. The van der Waals surface area contributed by atoms with Gasteiger partial charge in [-0.05, 0) is 20.3 Å². The molecule has 1 amide bonds. The summed E-state index contributed by atoms with van der Waals surface area (Å²) < 4.78 is 4.98. The van der Waals surface area contributed by atoms with Gasteiger partial charge < -0.3 is 9.64 Å². The van der Waals surface area contributed by atoms with Crippen LogP contribution in [0.25, 0.3) is 0 Å². The highest BCUT2D eigenvalue weighted by Crippen LogP contribution is 2.12. The van der Waals surface area contributed by atoms with Crippen LogP contribution in [0.5, 0.6) is 0 Å². The van der Waals surface area contributed by atoms with Crippen LogP contribution < -0.4 is 5.32 Å². The smallest absolute Gasteiger partial charge is 0.238 e. The van der Waals surface area contributed by atoms with Gasteiger partial charge in [-0.3, -0.25) is 10.1 Å². The summed E-state index contributed by atoms with van der Waals surface area (Å²) in [6, 6.07) is 0.262. The maximum Gasteiger partial charge on any atom is 0.238 e. The van der Waals surface area contributed by atoms with Gasteiger partial charge in [0.05, 0.1) is 12.7 Å². The van der Waals surface area contributed by atoms with Gasteiger partial charge >= 0.3 is 0 Å². The molecule has 0 aromatic rings. The predicted molar refractivity (Wildman–Crippen MR) is 50.3 cm³/mol. The van der Waals surface area contributed by atoms with E-state index in [2.05, 4.69) is 12.2 Å². The topological polar surface area (TPSA) is 41.6 Å². The maximum atomic E-state index is 11.4. The van der Waals surface area contributed by atoms with Crippen LogP contribution >= 0.6 is 0 Å². The first-order valence-electron chi connectivity index (χ1n) is 4.70. The van der Waals surface area contributed by atoms with Gasteiger partial charge in [0.1, 0.15) is 0 Å². The van der Waals surface area contributed by atoms with Gasteiger partial charge in [0.15, 0.2) is 0 Å². The van der Waals surface area contributed by atoms with Crippen molar-refractivity contribution in [3.63, 3.8) is 0 Å². The average Bonchev–Trinajstić information content (AvgIpc) is 2.42. The molecule has 1 N–H and O–H groups in total. The Kier molecular flexibility index (Phi) is 3.69. The van der Waals surface area contributed by atoms with Crippen molar-refractivity contribution in [3.8, 4) is 0 Å². The van der Waals surface area contributed by atoms with E-state index < -0.39 is 0 Å². The molecule has 1 heterocycles. The molecule has 13 heavy (non-hydrogen) atoms. The van der Waals surface area contributed by atoms with E-state index in [0.717, 1.165) is 6.42 Å². The van der Waals surface area contributed by atoms with Crippen LogP contribution in [0.15, 0.2) is 0 Å². The Labute approximate surface area is 79.2 Å². The third-order valence-corrected chi connectivity index (χ3v) is 2.47. The van der Waals surface area contributed by atoms with E-state index in [4.69, 9.17) is 4.74 Å². The van der Waals surface area contributed by atoms with E-state index in [1.807, 2.05) is 11.8 Å². The molecule has 1 rings (SSSR count). The molecule has 4 nitrogen and oxygen atoms in total. The van der Waals surface area contributed by atoms with Gasteiger partial charge in [-0.2, -0.15) is 0 Å². The fourth-order valence-corrected chi connectivity index (χ4v) is 1.70. The number of carbonyl (C=O) groups is 1. The molecule has 0 aliphatic carbocycles. The molecule has 1 aliphatic rings. The Morgan fingerprint density at radius 2 is 2.46 bits per heavy atom. The predicted octanol–water partition coefficient (Wildman–Crippen LogP) is 0.189. The summed E-state index contributed by atoms with van der Waals surface area (Å²) >= 11 is 0. The zero-order valence-electron chi connectivity index (χ0n) is 8.54. The Balaban J connectivity index is 2.44. The molecule has 1 aliphatic heterocycles. The van der Waals surface area contributed by atoms with E-state index in [1.165, 1.54) is 0 Å². The summed E-state index contributed by atoms with van der Waals surface area (Å²) in [6.45, 7) is 5.24. The number of nitrogens with one attached hydrogen (secondary N) is 1. The number of methoxy groups -OCH3 is 1. The number of hydrogen-bond donors (Lipinski definition) is 1. The van der Waals surface area contributed by atoms with Crippen molar-refractivity contribution in [2.45, 2.75) is 32.5 Å². The summed E-state index contributed by atoms with van der Waals surface area (Å²) in [5.74, 6) is 0.191. The standard InChI is InChI=1S/C9H18N2O2/c1-7(4-5-13-3)11-8(2)10-6-9(11)12/h7-8,10H,4-6H2,1-3H3. The quantitative estimate of drug-likeness (QED) is 0.681. The minimum absolute atomic E-state index is 0.166. The fourth-order valence-electron chi connectivity index (χ4n) is 1.70. The Hall–Kier alpha value is -0.610. The van der Waals surface area contributed by atoms with Crippen molar-refractivity contribution in [2.24, 2.45) is 0 Å². The first-order valence-corrected chi connectivity index (χ1v) is 4.70. The molecule has 0 saturated carbocycles. The van der Waals surface area contributed by atoms with E-state index in [0.29, 0.717) is 13.2 Å². The molecular formula is C9H18N2O2. The molecule has 2 atom stereocenters. The van der Waals surface area contributed by atoms with E-state index in [9.17, 15) is 4.79 Å². The van der Waals surface area contributed by atoms with Gasteiger partial charge in [0.2, 0.25) is 5.91 Å². The lowest BCUT2D eigenvalue weighted by Crippen LogP contribution is -2.41. The van der Waals surface area contributed by atoms with E-state index >= 15 is 0 Å². The first kappa shape index (κ1) is 10.5. The number of hydrogen-bond acceptors (Lipinski definition) is 3. The van der Waals surface area contributed by atoms with Crippen LogP contribution in [0.4, 0.5) is 0 Å². The third kappa shape index (κ3) is 2.42. The summed E-state index contributed by atoms with van der Waals surface area (Å²) in [4.78, 5) is 13.3. The monoisotopic (exact) mass is 186 g/mol. The van der Waals surface area contributed by atoms with Crippen LogP contribution in [0.2, 0.25) is 0 Å². The van der Waals surface area contributed by atoms with E-state index in [-0.39, 0.29) is 18.1 Å². The van der Waals surface area contributed by atoms with Crippen molar-refractivity contribution >= 4 is 5.91 Å². The number of nitrogens with zero attached hydrogens (tertiary/aromatic N) is 1. The minimum Gasteiger partial charge on any atom is -0.385 e. The normalized spacial score (nSPS) is 25.3. The Morgan fingerprint density at radius 1 is 1.77 bits per heavy atom. The van der Waals surface area contributed by atoms with Crippen LogP contribution in [0.1, 0.15) is 20.3 Å². The van der Waals surface area contributed by atoms with Crippen LogP contribution in [-0.4, -0.2) is 43.3 Å². The molecule has 0 bridgehead atoms. The molecule has 4 heteroatoms. The number of rotatable bonds is 4. The average molecular weight is 186 g/mol. The highest BCUT2D eigenvalue weighted by Gasteiger charge is 2.30. The van der Waals surface area contributed by atoms with Crippen molar-refractivity contribution in [2.75, 3.05) is 20.3 Å². The largest absolute Gasteiger partial charge is 0.385 e. The zero-order valence-corrected chi connectivity index (χ0v) is 8.54. The zero-order chi connectivity index (χ0) is 9.84. The Bertz CT molecular complexity index is 184. The first-order chi connectivity index (χ1) is 6.16. The minimum atomic E-state index is 0.166. The maximum absolute atomic E-state index is 11.4. The van der Waals surface area contributed by atoms with Crippen LogP contribution in [-0.2, 0) is 9.53 Å². The fraction of sp³-hybridized carbons (Fsp3) is 0.889. The molecule has 0 radical (unpaired) electrons. The summed E-state index contributed by atoms with van der Waals surface area (Å²) in [5.41, 5.74) is 0. The molecule has 76 valence electrons. The number of carbonyl (C=O) groups excluding carboxylic acids is 1. The van der Waals surface area contributed by atoms with Gasteiger partial charge in [-0.25, -0.2) is 0 Å². The highest BCUT2D eigenvalue weighted by molar-refractivity contribution is 5.80. The van der Waals surface area contributed by atoms with Gasteiger partial charge in [-0.1, -0.05) is 0 Å². The number of amides is 1. The van der Waals surface area contributed by atoms with Crippen LogP contribution in [0, 0.1) is 0 Å². The Morgan fingerprint density at radius 3 is 2.92 bits per heavy atom.